The summed E-state index contributed by atoms with van der Waals surface area (Å²) >= 11 is 5.75. The van der Waals surface area contributed by atoms with E-state index in [2.05, 4.69) is 10.6 Å². The fourth-order valence-electron chi connectivity index (χ4n) is 1.07. The summed E-state index contributed by atoms with van der Waals surface area (Å²) in [5, 5.41) is 5.17. The molecule has 0 saturated carbocycles. The maximum absolute atomic E-state index is 13.3. The van der Waals surface area contributed by atoms with Gasteiger partial charge in [0.2, 0.25) is 0 Å². The van der Waals surface area contributed by atoms with Crippen LogP contribution < -0.4 is 10.6 Å². The first kappa shape index (κ1) is 12.8. The average Bonchev–Trinajstić information content (AvgIpc) is 2.21. The quantitative estimate of drug-likeness (QED) is 0.842. The molecule has 2 N–H and O–H groups in total. The minimum Gasteiger partial charge on any atom is -0.338 e. The van der Waals surface area contributed by atoms with Gasteiger partial charge in [0.1, 0.15) is 5.82 Å². The van der Waals surface area contributed by atoms with Gasteiger partial charge in [0.25, 0.3) is 0 Å². The number of halogens is 2. The number of nitrogens with one attached hydrogen (secondary N) is 2. The molecule has 0 spiro atoms. The highest BCUT2D eigenvalue weighted by Gasteiger charge is 2.10. The topological polar surface area (TPSA) is 41.1 Å². The van der Waals surface area contributed by atoms with E-state index >= 15 is 0 Å². The molecule has 1 rings (SSSR count). The Bertz CT molecular complexity index is 362. The number of urea groups is 1. The van der Waals surface area contributed by atoms with E-state index in [1.54, 1.807) is 0 Å². The molecule has 2 amide bonds. The van der Waals surface area contributed by atoms with Crippen LogP contribution >= 0.6 is 11.6 Å². The van der Waals surface area contributed by atoms with Crippen LogP contribution in [0, 0.1) is 11.7 Å². The second kappa shape index (κ2) is 5.70. The van der Waals surface area contributed by atoms with Gasteiger partial charge in [0, 0.05) is 6.54 Å². The van der Waals surface area contributed by atoms with E-state index in [0.29, 0.717) is 12.5 Å². The summed E-state index contributed by atoms with van der Waals surface area (Å²) in [6.45, 7) is 4.46. The Kier molecular flexibility index (Phi) is 4.55. The molecule has 0 aromatic heterocycles. The molecule has 0 saturated heterocycles. The molecule has 88 valence electrons. The van der Waals surface area contributed by atoms with Crippen LogP contribution in [-0.4, -0.2) is 12.6 Å². The van der Waals surface area contributed by atoms with Crippen LogP contribution in [0.2, 0.25) is 5.02 Å². The van der Waals surface area contributed by atoms with Gasteiger partial charge in [0.15, 0.2) is 0 Å². The summed E-state index contributed by atoms with van der Waals surface area (Å²) in [7, 11) is 0. The SMILES string of the molecule is CC(C)CNC(=O)Nc1c(F)cccc1Cl. The van der Waals surface area contributed by atoms with E-state index in [1.807, 2.05) is 13.8 Å². The maximum atomic E-state index is 13.3. The van der Waals surface area contributed by atoms with Crippen molar-refractivity contribution in [1.82, 2.24) is 5.32 Å². The monoisotopic (exact) mass is 244 g/mol. The number of rotatable bonds is 3. The van der Waals surface area contributed by atoms with Crippen molar-refractivity contribution in [3.05, 3.63) is 29.0 Å². The van der Waals surface area contributed by atoms with Crippen LogP contribution in [0.5, 0.6) is 0 Å². The molecule has 0 fully saturated rings. The largest absolute Gasteiger partial charge is 0.338 e. The Morgan fingerprint density at radius 2 is 2.19 bits per heavy atom. The molecule has 5 heteroatoms. The standard InChI is InChI=1S/C11H14ClFN2O/c1-7(2)6-14-11(16)15-10-8(12)4-3-5-9(10)13/h3-5,7H,6H2,1-2H3,(H2,14,15,16). The van der Waals surface area contributed by atoms with Crippen LogP contribution in [0.25, 0.3) is 0 Å². The molecule has 1 aromatic carbocycles. The molecule has 0 radical (unpaired) electrons. The third kappa shape index (κ3) is 3.70. The number of para-hydroxylation sites is 1. The molecule has 0 aliphatic heterocycles. The first-order valence-corrected chi connectivity index (χ1v) is 5.37. The van der Waals surface area contributed by atoms with E-state index in [4.69, 9.17) is 11.6 Å². The minimum absolute atomic E-state index is 0.00502. The number of carbonyl (C=O) groups is 1. The Hall–Kier alpha value is -1.29. The van der Waals surface area contributed by atoms with E-state index in [1.165, 1.54) is 18.2 Å². The summed E-state index contributed by atoms with van der Waals surface area (Å²) in [6.07, 6.45) is 0. The molecule has 16 heavy (non-hydrogen) atoms. The Labute approximate surface area is 99.0 Å². The molecular weight excluding hydrogens is 231 g/mol. The van der Waals surface area contributed by atoms with Crippen molar-refractivity contribution in [1.29, 1.82) is 0 Å². The van der Waals surface area contributed by atoms with Crippen LogP contribution in [0.15, 0.2) is 18.2 Å². The lowest BCUT2D eigenvalue weighted by molar-refractivity contribution is 0.250. The summed E-state index contributed by atoms with van der Waals surface area (Å²) in [4.78, 5) is 11.4. The van der Waals surface area contributed by atoms with Crippen molar-refractivity contribution in [2.24, 2.45) is 5.92 Å². The molecule has 1 aromatic rings. The third-order valence-electron chi connectivity index (χ3n) is 1.87. The van der Waals surface area contributed by atoms with Crippen molar-refractivity contribution in [2.45, 2.75) is 13.8 Å². The second-order valence-electron chi connectivity index (χ2n) is 3.83. The van der Waals surface area contributed by atoms with Crippen molar-refractivity contribution < 1.29 is 9.18 Å². The highest BCUT2D eigenvalue weighted by atomic mass is 35.5. The van der Waals surface area contributed by atoms with Gasteiger partial charge >= 0.3 is 6.03 Å². The van der Waals surface area contributed by atoms with E-state index in [9.17, 15) is 9.18 Å². The number of hydrogen-bond acceptors (Lipinski definition) is 1. The Morgan fingerprint density at radius 3 is 2.75 bits per heavy atom. The minimum atomic E-state index is -0.549. The predicted molar refractivity (Wildman–Crippen MR) is 63.3 cm³/mol. The van der Waals surface area contributed by atoms with Gasteiger partial charge in [-0.1, -0.05) is 31.5 Å². The van der Waals surface area contributed by atoms with Crippen LogP contribution in [0.3, 0.4) is 0 Å². The molecule has 0 aliphatic carbocycles. The number of anilines is 1. The van der Waals surface area contributed by atoms with Gasteiger partial charge < -0.3 is 10.6 Å². The first-order valence-electron chi connectivity index (χ1n) is 4.99. The molecule has 0 heterocycles. The van der Waals surface area contributed by atoms with Crippen LogP contribution in [0.4, 0.5) is 14.9 Å². The lowest BCUT2D eigenvalue weighted by Gasteiger charge is -2.10. The van der Waals surface area contributed by atoms with Crippen molar-refractivity contribution in [2.75, 3.05) is 11.9 Å². The van der Waals surface area contributed by atoms with Crippen molar-refractivity contribution in [3.8, 4) is 0 Å². The Balaban J connectivity index is 2.63. The molecule has 3 nitrogen and oxygen atoms in total. The van der Waals surface area contributed by atoms with E-state index in [0.717, 1.165) is 0 Å². The van der Waals surface area contributed by atoms with Gasteiger partial charge in [-0.25, -0.2) is 9.18 Å². The summed E-state index contributed by atoms with van der Waals surface area (Å²) in [5.74, 6) is -0.214. The molecular formula is C11H14ClFN2O. The normalized spacial score (nSPS) is 10.3. The number of benzene rings is 1. The van der Waals surface area contributed by atoms with Crippen LogP contribution in [-0.2, 0) is 0 Å². The summed E-state index contributed by atoms with van der Waals surface area (Å²) < 4.78 is 13.3. The third-order valence-corrected chi connectivity index (χ3v) is 2.19. The predicted octanol–water partition coefficient (Wildman–Crippen LogP) is 3.26. The lowest BCUT2D eigenvalue weighted by Crippen LogP contribution is -2.32. The van der Waals surface area contributed by atoms with Gasteiger partial charge in [-0.2, -0.15) is 0 Å². The molecule has 0 aliphatic rings. The fraction of sp³-hybridized carbons (Fsp3) is 0.364. The maximum Gasteiger partial charge on any atom is 0.319 e. The Morgan fingerprint density at radius 1 is 1.50 bits per heavy atom. The molecule has 0 atom stereocenters. The lowest BCUT2D eigenvalue weighted by atomic mass is 10.2. The smallest absolute Gasteiger partial charge is 0.319 e. The molecule has 0 bridgehead atoms. The number of carbonyl (C=O) groups excluding carboxylic acids is 1. The fourth-order valence-corrected chi connectivity index (χ4v) is 1.28. The second-order valence-corrected chi connectivity index (χ2v) is 4.23. The summed E-state index contributed by atoms with van der Waals surface area (Å²) in [5.41, 5.74) is 0.00502. The van der Waals surface area contributed by atoms with Gasteiger partial charge in [-0.3, -0.25) is 0 Å². The zero-order valence-electron chi connectivity index (χ0n) is 9.18. The van der Waals surface area contributed by atoms with Crippen LogP contribution in [0.1, 0.15) is 13.8 Å². The summed E-state index contributed by atoms with van der Waals surface area (Å²) in [6, 6.07) is 3.78. The zero-order chi connectivity index (χ0) is 12.1. The highest BCUT2D eigenvalue weighted by Crippen LogP contribution is 2.24. The van der Waals surface area contributed by atoms with Crippen molar-refractivity contribution in [3.63, 3.8) is 0 Å². The van der Waals surface area contributed by atoms with E-state index in [-0.39, 0.29) is 10.7 Å². The van der Waals surface area contributed by atoms with E-state index < -0.39 is 11.8 Å². The van der Waals surface area contributed by atoms with Crippen molar-refractivity contribution >= 4 is 23.3 Å². The van der Waals surface area contributed by atoms with Gasteiger partial charge in [0.05, 0.1) is 10.7 Å². The van der Waals surface area contributed by atoms with Gasteiger partial charge in [-0.15, -0.1) is 0 Å². The number of hydrogen-bond donors (Lipinski definition) is 2. The first-order chi connectivity index (χ1) is 7.50. The number of amides is 2. The molecule has 0 unspecified atom stereocenters. The van der Waals surface area contributed by atoms with Gasteiger partial charge in [-0.05, 0) is 18.1 Å². The zero-order valence-corrected chi connectivity index (χ0v) is 9.94. The highest BCUT2D eigenvalue weighted by molar-refractivity contribution is 6.33. The average molecular weight is 245 g/mol.